The lowest BCUT2D eigenvalue weighted by atomic mass is 10.1. The molecule has 0 N–H and O–H groups in total. The van der Waals surface area contributed by atoms with Crippen molar-refractivity contribution in [3.05, 3.63) is 89.5 Å². The van der Waals surface area contributed by atoms with E-state index in [1.165, 1.54) is 22.9 Å². The number of nitrogens with zero attached hydrogens (tertiary/aromatic N) is 3. The summed E-state index contributed by atoms with van der Waals surface area (Å²) >= 11 is 1.39. The van der Waals surface area contributed by atoms with Crippen LogP contribution in [0.3, 0.4) is 0 Å². The van der Waals surface area contributed by atoms with Crippen LogP contribution in [0.15, 0.2) is 78.0 Å². The molecule has 0 radical (unpaired) electrons. The predicted molar refractivity (Wildman–Crippen MR) is 129 cm³/mol. The zero-order valence-electron chi connectivity index (χ0n) is 18.4. The summed E-state index contributed by atoms with van der Waals surface area (Å²) in [5, 5.41) is 9.57. The minimum absolute atomic E-state index is 0.0355. The molecular formula is C26H25N3O2S. The van der Waals surface area contributed by atoms with Crippen LogP contribution in [0.1, 0.15) is 28.4 Å². The maximum atomic E-state index is 12.8. The van der Waals surface area contributed by atoms with Crippen LogP contribution >= 0.6 is 11.8 Å². The van der Waals surface area contributed by atoms with Crippen molar-refractivity contribution in [2.45, 2.75) is 25.9 Å². The van der Waals surface area contributed by atoms with Gasteiger partial charge in [-0.05, 0) is 57.2 Å². The molecular weight excluding hydrogens is 418 g/mol. The number of thioether (sulfide) groups is 1. The number of carbonyl (C=O) groups is 1. The number of ketones is 1. The van der Waals surface area contributed by atoms with E-state index in [9.17, 15) is 4.79 Å². The standard InChI is InChI=1S/C26H25N3O2S/c1-4-31-23-15-11-20(12-16-23)24(30)17-32-26-28-27-25(21-9-5-18(2)6-10-21)29(26)22-13-7-19(3)8-14-22/h5-16H,4,17H2,1-3H3. The lowest BCUT2D eigenvalue weighted by Gasteiger charge is -2.11. The molecule has 0 fully saturated rings. The summed E-state index contributed by atoms with van der Waals surface area (Å²) in [6.45, 7) is 6.65. The van der Waals surface area contributed by atoms with Crippen LogP contribution in [-0.2, 0) is 0 Å². The molecule has 162 valence electrons. The smallest absolute Gasteiger partial charge is 0.196 e. The first-order valence-electron chi connectivity index (χ1n) is 10.5. The van der Waals surface area contributed by atoms with E-state index < -0.39 is 0 Å². The van der Waals surface area contributed by atoms with Gasteiger partial charge in [0.1, 0.15) is 5.75 Å². The summed E-state index contributed by atoms with van der Waals surface area (Å²) < 4.78 is 7.47. The van der Waals surface area contributed by atoms with Gasteiger partial charge in [0.25, 0.3) is 0 Å². The summed E-state index contributed by atoms with van der Waals surface area (Å²) in [6.07, 6.45) is 0. The first kappa shape index (κ1) is 21.8. The molecule has 4 rings (SSSR count). The maximum absolute atomic E-state index is 12.8. The average Bonchev–Trinajstić information content (AvgIpc) is 3.23. The number of Topliss-reactive ketones (excluding diaryl/α,β-unsaturated/α-hetero) is 1. The third-order valence-electron chi connectivity index (χ3n) is 5.05. The number of aryl methyl sites for hydroxylation is 2. The lowest BCUT2D eigenvalue weighted by molar-refractivity contribution is 0.102. The van der Waals surface area contributed by atoms with E-state index in [4.69, 9.17) is 4.74 Å². The highest BCUT2D eigenvalue weighted by Crippen LogP contribution is 2.29. The molecule has 1 heterocycles. The van der Waals surface area contributed by atoms with E-state index >= 15 is 0 Å². The molecule has 3 aromatic carbocycles. The third-order valence-corrected chi connectivity index (χ3v) is 5.98. The Balaban J connectivity index is 1.61. The quantitative estimate of drug-likeness (QED) is 0.250. The Morgan fingerprint density at radius 3 is 2.12 bits per heavy atom. The second-order valence-electron chi connectivity index (χ2n) is 7.51. The zero-order chi connectivity index (χ0) is 22.5. The van der Waals surface area contributed by atoms with Gasteiger partial charge in [0, 0.05) is 16.8 Å². The lowest BCUT2D eigenvalue weighted by Crippen LogP contribution is -2.05. The maximum Gasteiger partial charge on any atom is 0.196 e. The Kier molecular flexibility index (Phi) is 6.71. The summed E-state index contributed by atoms with van der Waals surface area (Å²) in [7, 11) is 0. The van der Waals surface area contributed by atoms with Crippen LogP contribution in [0.4, 0.5) is 0 Å². The second kappa shape index (κ2) is 9.83. The van der Waals surface area contributed by atoms with Gasteiger partial charge in [-0.25, -0.2) is 0 Å². The number of hydrogen-bond donors (Lipinski definition) is 0. The summed E-state index contributed by atoms with van der Waals surface area (Å²) in [5.41, 5.74) is 4.96. The van der Waals surface area contributed by atoms with E-state index in [1.807, 2.05) is 35.8 Å². The van der Waals surface area contributed by atoms with Crippen LogP contribution in [0, 0.1) is 13.8 Å². The summed E-state index contributed by atoms with van der Waals surface area (Å²) in [6, 6.07) is 23.7. The van der Waals surface area contributed by atoms with Crippen LogP contribution in [0.25, 0.3) is 17.1 Å². The zero-order valence-corrected chi connectivity index (χ0v) is 19.2. The van der Waals surface area contributed by atoms with E-state index in [1.54, 1.807) is 12.1 Å². The highest BCUT2D eigenvalue weighted by Gasteiger charge is 2.18. The van der Waals surface area contributed by atoms with Gasteiger partial charge in [-0.3, -0.25) is 9.36 Å². The first-order valence-corrected chi connectivity index (χ1v) is 11.5. The monoisotopic (exact) mass is 443 g/mol. The second-order valence-corrected chi connectivity index (χ2v) is 8.45. The predicted octanol–water partition coefficient (Wildman–Crippen LogP) is 5.92. The van der Waals surface area contributed by atoms with Gasteiger partial charge < -0.3 is 4.74 Å². The van der Waals surface area contributed by atoms with Crippen LogP contribution < -0.4 is 4.74 Å². The Labute approximate surface area is 192 Å². The van der Waals surface area contributed by atoms with E-state index in [0.717, 1.165) is 22.8 Å². The summed E-state index contributed by atoms with van der Waals surface area (Å²) in [4.78, 5) is 12.8. The molecule has 4 aromatic rings. The largest absolute Gasteiger partial charge is 0.494 e. The number of ether oxygens (including phenoxy) is 1. The van der Waals surface area contributed by atoms with Gasteiger partial charge in [0.05, 0.1) is 12.4 Å². The Morgan fingerprint density at radius 2 is 1.50 bits per heavy atom. The number of rotatable bonds is 8. The molecule has 0 aliphatic rings. The van der Waals surface area contributed by atoms with Gasteiger partial charge in [-0.15, -0.1) is 10.2 Å². The third kappa shape index (κ3) is 4.92. The molecule has 0 aliphatic carbocycles. The van der Waals surface area contributed by atoms with Gasteiger partial charge in [-0.2, -0.15) is 0 Å². The minimum Gasteiger partial charge on any atom is -0.494 e. The fourth-order valence-corrected chi connectivity index (χ4v) is 4.14. The molecule has 32 heavy (non-hydrogen) atoms. The van der Waals surface area contributed by atoms with E-state index in [0.29, 0.717) is 17.3 Å². The summed E-state index contributed by atoms with van der Waals surface area (Å²) in [5.74, 6) is 1.82. The van der Waals surface area contributed by atoms with Crippen molar-refractivity contribution in [3.8, 4) is 22.8 Å². The fourth-order valence-electron chi connectivity index (χ4n) is 3.30. The number of carbonyl (C=O) groups excluding carboxylic acids is 1. The van der Waals surface area contributed by atoms with Crippen molar-refractivity contribution in [1.29, 1.82) is 0 Å². The van der Waals surface area contributed by atoms with Gasteiger partial charge in [-0.1, -0.05) is 59.3 Å². The van der Waals surface area contributed by atoms with E-state index in [-0.39, 0.29) is 11.5 Å². The van der Waals surface area contributed by atoms with Gasteiger partial charge >= 0.3 is 0 Å². The molecule has 0 bridgehead atoms. The Bertz CT molecular complexity index is 1200. The SMILES string of the molecule is CCOc1ccc(C(=O)CSc2nnc(-c3ccc(C)cc3)n2-c2ccc(C)cc2)cc1. The molecule has 0 amide bonds. The molecule has 0 unspecified atom stereocenters. The van der Waals surface area contributed by atoms with Crippen molar-refractivity contribution >= 4 is 17.5 Å². The molecule has 0 aliphatic heterocycles. The normalized spacial score (nSPS) is 10.8. The number of hydrogen-bond acceptors (Lipinski definition) is 5. The van der Waals surface area contributed by atoms with E-state index in [2.05, 4.69) is 60.4 Å². The Morgan fingerprint density at radius 1 is 0.875 bits per heavy atom. The molecule has 0 saturated heterocycles. The van der Waals surface area contributed by atoms with Crippen molar-refractivity contribution in [1.82, 2.24) is 14.8 Å². The Hall–Kier alpha value is -3.38. The molecule has 1 aromatic heterocycles. The molecule has 0 spiro atoms. The van der Waals surface area contributed by atoms with Crippen LogP contribution in [-0.4, -0.2) is 32.9 Å². The van der Waals surface area contributed by atoms with Crippen LogP contribution in [0.5, 0.6) is 5.75 Å². The average molecular weight is 444 g/mol. The highest BCUT2D eigenvalue weighted by atomic mass is 32.2. The molecule has 5 nitrogen and oxygen atoms in total. The van der Waals surface area contributed by atoms with Crippen molar-refractivity contribution < 1.29 is 9.53 Å². The topological polar surface area (TPSA) is 57.0 Å². The van der Waals surface area contributed by atoms with Gasteiger partial charge in [0.15, 0.2) is 16.8 Å². The van der Waals surface area contributed by atoms with Crippen molar-refractivity contribution in [2.75, 3.05) is 12.4 Å². The minimum atomic E-state index is 0.0355. The van der Waals surface area contributed by atoms with Crippen molar-refractivity contribution in [3.63, 3.8) is 0 Å². The highest BCUT2D eigenvalue weighted by molar-refractivity contribution is 7.99. The van der Waals surface area contributed by atoms with Crippen molar-refractivity contribution in [2.24, 2.45) is 0 Å². The fraction of sp³-hybridized carbons (Fsp3) is 0.192. The van der Waals surface area contributed by atoms with Gasteiger partial charge in [0.2, 0.25) is 0 Å². The molecule has 6 heteroatoms. The first-order chi connectivity index (χ1) is 15.5. The molecule has 0 saturated carbocycles. The molecule has 0 atom stereocenters. The number of aromatic nitrogens is 3. The number of benzene rings is 3. The van der Waals surface area contributed by atoms with Crippen LogP contribution in [0.2, 0.25) is 0 Å².